The first-order valence-corrected chi connectivity index (χ1v) is 13.7. The van der Waals surface area contributed by atoms with Crippen LogP contribution in [0.3, 0.4) is 0 Å². The summed E-state index contributed by atoms with van der Waals surface area (Å²) >= 11 is 0. The predicted octanol–water partition coefficient (Wildman–Crippen LogP) is 1.30. The van der Waals surface area contributed by atoms with Crippen molar-refractivity contribution in [1.82, 2.24) is 14.9 Å². The number of nitrogens with zero attached hydrogens (tertiary/aromatic N) is 3. The van der Waals surface area contributed by atoms with Crippen molar-refractivity contribution < 1.29 is 23.2 Å². The molecule has 1 atom stereocenters. The number of carbonyl (C=O) groups is 2. The molecule has 2 aliphatic rings. The Kier molecular flexibility index (Phi) is 7.13. The first-order chi connectivity index (χ1) is 17.0. The van der Waals surface area contributed by atoms with Crippen LogP contribution in [0.5, 0.6) is 0 Å². The van der Waals surface area contributed by atoms with E-state index in [1.807, 2.05) is 18.2 Å². The summed E-state index contributed by atoms with van der Waals surface area (Å²) in [7, 11) is -3.83. The molecule has 0 saturated carbocycles. The highest BCUT2D eigenvalue weighted by Gasteiger charge is 2.44. The number of sulfone groups is 1. The van der Waals surface area contributed by atoms with Gasteiger partial charge in [-0.25, -0.2) is 18.7 Å². The van der Waals surface area contributed by atoms with Crippen molar-refractivity contribution >= 4 is 27.5 Å². The molecular weight excluding hydrogens is 482 g/mol. The van der Waals surface area contributed by atoms with Gasteiger partial charge >= 0.3 is 6.03 Å². The number of nitrogens with one attached hydrogen (secondary N) is 1. The van der Waals surface area contributed by atoms with Crippen LogP contribution in [0.1, 0.15) is 43.0 Å². The average Bonchev–Trinajstić information content (AvgIpc) is 3.39. The Morgan fingerprint density at radius 1 is 1.19 bits per heavy atom. The molecule has 1 fully saturated rings. The first-order valence-electron chi connectivity index (χ1n) is 11.8. The quantitative estimate of drug-likeness (QED) is 0.301. The van der Waals surface area contributed by atoms with E-state index in [0.717, 1.165) is 49.1 Å². The smallest absolute Gasteiger partial charge is 0.328 e. The number of piperidine rings is 1. The van der Waals surface area contributed by atoms with Crippen LogP contribution in [0.15, 0.2) is 36.5 Å². The second-order valence-electron chi connectivity index (χ2n) is 9.61. The minimum atomic E-state index is -3.83. The molecule has 11 heteroatoms. The molecule has 0 spiro atoms. The van der Waals surface area contributed by atoms with Gasteiger partial charge in [0, 0.05) is 60.6 Å². The Morgan fingerprint density at radius 2 is 1.83 bits per heavy atom. The summed E-state index contributed by atoms with van der Waals surface area (Å²) in [5.74, 6) is 5.20. The molecule has 4 rings (SSSR count). The first kappa shape index (κ1) is 25.8. The van der Waals surface area contributed by atoms with Crippen LogP contribution in [0, 0.1) is 11.8 Å². The predicted molar refractivity (Wildman–Crippen MR) is 135 cm³/mol. The molecule has 0 unspecified atom stereocenters. The lowest BCUT2D eigenvalue weighted by molar-refractivity contribution is -0.131. The lowest BCUT2D eigenvalue weighted by Crippen LogP contribution is -2.50. The molecule has 3 heterocycles. The maximum Gasteiger partial charge on any atom is 0.328 e. The summed E-state index contributed by atoms with van der Waals surface area (Å²) in [5, 5.41) is 8.96. The Balaban J connectivity index is 1.39. The molecule has 1 aromatic heterocycles. The summed E-state index contributed by atoms with van der Waals surface area (Å²) in [6.07, 6.45) is 4.42. The second kappa shape index (κ2) is 9.97. The van der Waals surface area contributed by atoms with Crippen LogP contribution in [-0.2, 0) is 21.2 Å². The third-order valence-corrected chi connectivity index (χ3v) is 9.14. The number of rotatable bonds is 6. The topological polar surface area (TPSA) is 138 Å². The van der Waals surface area contributed by atoms with Crippen molar-refractivity contribution in [2.75, 3.05) is 30.8 Å². The summed E-state index contributed by atoms with van der Waals surface area (Å²) in [4.78, 5) is 28.6. The van der Waals surface area contributed by atoms with Gasteiger partial charge in [0.1, 0.15) is 0 Å². The highest BCUT2D eigenvalue weighted by molar-refractivity contribution is 7.92. The molecule has 2 aliphatic heterocycles. The highest BCUT2D eigenvalue weighted by atomic mass is 32.2. The molecule has 192 valence electrons. The maximum absolute atomic E-state index is 12.8. The zero-order valence-corrected chi connectivity index (χ0v) is 21.2. The number of hydroxylamine groups is 1. The minimum Gasteiger partial charge on any atom is -0.371 e. The number of amides is 2. The third-order valence-electron chi connectivity index (χ3n) is 7.11. The standard InChI is InChI=1S/C25H31N5O5S/c1-25(23(31)27-33,36(2,34)35)11-14-29-17-22-15-19(16-30(22)24(29)32)4-3-18-5-7-21(8-6-18)28-12-9-20(26)10-13-28/h5-8,15-16,20,33H,9-14,17,26H2,1-2H3,(H,27,31)/t25-/m1/s1. The average molecular weight is 514 g/mol. The molecule has 10 nitrogen and oxygen atoms in total. The van der Waals surface area contributed by atoms with Gasteiger partial charge in [0.25, 0.3) is 5.91 Å². The van der Waals surface area contributed by atoms with E-state index >= 15 is 0 Å². The lowest BCUT2D eigenvalue weighted by atomic mass is 10.1. The Hall–Kier alpha value is -3.33. The van der Waals surface area contributed by atoms with Gasteiger partial charge in [-0.2, -0.15) is 0 Å². The second-order valence-corrected chi connectivity index (χ2v) is 12.1. The zero-order valence-electron chi connectivity index (χ0n) is 20.4. The van der Waals surface area contributed by atoms with Gasteiger partial charge < -0.3 is 15.5 Å². The van der Waals surface area contributed by atoms with E-state index in [-0.39, 0.29) is 31.6 Å². The normalized spacial score (nSPS) is 17.8. The van der Waals surface area contributed by atoms with Gasteiger partial charge in [-0.15, -0.1) is 0 Å². The van der Waals surface area contributed by atoms with Crippen LogP contribution < -0.4 is 16.1 Å². The molecule has 0 aliphatic carbocycles. The Labute approximate surface area is 210 Å². The molecule has 2 amide bonds. The maximum atomic E-state index is 12.8. The van der Waals surface area contributed by atoms with E-state index in [2.05, 4.69) is 28.9 Å². The summed E-state index contributed by atoms with van der Waals surface area (Å²) in [6.45, 7) is 3.45. The van der Waals surface area contributed by atoms with Gasteiger partial charge in [-0.05, 0) is 56.5 Å². The fourth-order valence-corrected chi connectivity index (χ4v) is 5.30. The van der Waals surface area contributed by atoms with E-state index < -0.39 is 20.5 Å². The number of carbonyl (C=O) groups excluding carboxylic acids is 2. The van der Waals surface area contributed by atoms with Gasteiger partial charge in [-0.3, -0.25) is 14.6 Å². The van der Waals surface area contributed by atoms with Gasteiger partial charge in [0.15, 0.2) is 14.6 Å². The summed E-state index contributed by atoms with van der Waals surface area (Å²) in [6, 6.07) is 9.88. The molecule has 1 saturated heterocycles. The van der Waals surface area contributed by atoms with Crippen molar-refractivity contribution in [3.8, 4) is 11.8 Å². The zero-order chi connectivity index (χ0) is 26.1. The molecule has 4 N–H and O–H groups in total. The van der Waals surface area contributed by atoms with Crippen molar-refractivity contribution in [2.45, 2.75) is 43.5 Å². The fourth-order valence-electron chi connectivity index (χ4n) is 4.46. The van der Waals surface area contributed by atoms with E-state index in [0.29, 0.717) is 5.56 Å². The van der Waals surface area contributed by atoms with Crippen LogP contribution in [0.4, 0.5) is 10.5 Å². The SMILES string of the molecule is C[C@@](CCN1Cc2cc(C#Cc3ccc(N4CCC(N)CC4)cc3)cn2C1=O)(C(=O)NO)S(C)(=O)=O. The van der Waals surface area contributed by atoms with E-state index in [1.54, 1.807) is 6.20 Å². The monoisotopic (exact) mass is 513 g/mol. The number of fused-ring (bicyclic) bond motifs is 1. The van der Waals surface area contributed by atoms with Crippen LogP contribution in [-0.4, -0.2) is 71.7 Å². The van der Waals surface area contributed by atoms with Gasteiger partial charge in [0.2, 0.25) is 0 Å². The third kappa shape index (κ3) is 5.11. The number of hydrogen-bond acceptors (Lipinski definition) is 7. The number of anilines is 1. The largest absolute Gasteiger partial charge is 0.371 e. The van der Waals surface area contributed by atoms with Crippen molar-refractivity contribution in [1.29, 1.82) is 0 Å². The lowest BCUT2D eigenvalue weighted by Gasteiger charge is -2.32. The minimum absolute atomic E-state index is 0.0355. The molecular formula is C25H31N5O5S. The molecule has 1 aromatic carbocycles. The van der Waals surface area contributed by atoms with E-state index in [4.69, 9.17) is 10.9 Å². The molecule has 2 aromatic rings. The van der Waals surface area contributed by atoms with Gasteiger partial charge in [-0.1, -0.05) is 11.8 Å². The van der Waals surface area contributed by atoms with Crippen molar-refractivity contribution in [2.24, 2.45) is 5.73 Å². The number of aromatic nitrogens is 1. The van der Waals surface area contributed by atoms with Crippen molar-refractivity contribution in [3.05, 3.63) is 53.3 Å². The van der Waals surface area contributed by atoms with Crippen LogP contribution >= 0.6 is 0 Å². The molecule has 36 heavy (non-hydrogen) atoms. The molecule has 0 radical (unpaired) electrons. The number of nitrogens with two attached hydrogens (primary N) is 1. The Bertz CT molecular complexity index is 1320. The van der Waals surface area contributed by atoms with Crippen molar-refractivity contribution in [3.63, 3.8) is 0 Å². The molecule has 0 bridgehead atoms. The fraction of sp³-hybridized carbons (Fsp3) is 0.440. The van der Waals surface area contributed by atoms with Gasteiger partial charge in [0.05, 0.1) is 6.54 Å². The van der Waals surface area contributed by atoms with Crippen LogP contribution in [0.25, 0.3) is 0 Å². The Morgan fingerprint density at radius 3 is 2.42 bits per heavy atom. The summed E-state index contributed by atoms with van der Waals surface area (Å²) < 4.78 is 23.9. The summed E-state index contributed by atoms with van der Waals surface area (Å²) in [5.41, 5.74) is 10.9. The highest BCUT2D eigenvalue weighted by Crippen LogP contribution is 2.26. The van der Waals surface area contributed by atoms with E-state index in [9.17, 15) is 18.0 Å². The van der Waals surface area contributed by atoms with E-state index in [1.165, 1.54) is 21.9 Å². The number of hydrogen-bond donors (Lipinski definition) is 3. The van der Waals surface area contributed by atoms with Crippen LogP contribution in [0.2, 0.25) is 0 Å². The number of benzene rings is 1.